The molecular formula is C47H43N. The molecule has 1 aliphatic carbocycles. The third kappa shape index (κ3) is 7.65. The fourth-order valence-corrected chi connectivity index (χ4v) is 6.56. The van der Waals surface area contributed by atoms with Crippen molar-refractivity contribution in [3.05, 3.63) is 204 Å². The van der Waals surface area contributed by atoms with Crippen LogP contribution in [-0.4, -0.2) is 0 Å². The Hall–Kier alpha value is -5.66. The lowest BCUT2D eigenvalue weighted by Gasteiger charge is -2.30. The van der Waals surface area contributed by atoms with Crippen LogP contribution in [0.4, 0.5) is 5.69 Å². The van der Waals surface area contributed by atoms with Gasteiger partial charge in [0.25, 0.3) is 0 Å². The molecule has 0 radical (unpaired) electrons. The van der Waals surface area contributed by atoms with Crippen molar-refractivity contribution in [2.24, 2.45) is 0 Å². The lowest BCUT2D eigenvalue weighted by atomic mass is 9.74. The number of benzene rings is 5. The molecule has 1 atom stereocenters. The van der Waals surface area contributed by atoms with E-state index in [0.717, 1.165) is 41.8 Å². The van der Waals surface area contributed by atoms with Gasteiger partial charge in [0.2, 0.25) is 0 Å². The fourth-order valence-electron chi connectivity index (χ4n) is 6.56. The molecule has 1 aliphatic rings. The van der Waals surface area contributed by atoms with Crippen molar-refractivity contribution in [2.45, 2.75) is 31.6 Å². The average Bonchev–Trinajstić information content (AvgIpc) is 3.20. The molecule has 6 rings (SSSR count). The van der Waals surface area contributed by atoms with E-state index >= 15 is 0 Å². The summed E-state index contributed by atoms with van der Waals surface area (Å²) in [7, 11) is 0. The first-order valence-electron chi connectivity index (χ1n) is 16.8. The Balaban J connectivity index is 1.30. The van der Waals surface area contributed by atoms with Gasteiger partial charge in [0.05, 0.1) is 0 Å². The van der Waals surface area contributed by atoms with E-state index in [0.29, 0.717) is 0 Å². The molecule has 0 heterocycles. The van der Waals surface area contributed by atoms with Crippen LogP contribution in [0.3, 0.4) is 0 Å². The van der Waals surface area contributed by atoms with Crippen molar-refractivity contribution in [3.8, 4) is 22.3 Å². The van der Waals surface area contributed by atoms with Crippen LogP contribution in [0.2, 0.25) is 0 Å². The Kier molecular flexibility index (Phi) is 10.3. The van der Waals surface area contributed by atoms with Crippen LogP contribution in [0.1, 0.15) is 47.6 Å². The SMILES string of the molecule is C=C/C=C\c1ccc(/C=C/CC2(C)C/C=C(Nc3ccc(-c4ccccc4)c(-c4ccccc4)c3)\C=C/Cc3ccccc32)c(C=C)c1. The lowest BCUT2D eigenvalue weighted by molar-refractivity contribution is 0.481. The van der Waals surface area contributed by atoms with Crippen LogP contribution >= 0.6 is 0 Å². The number of rotatable bonds is 10. The van der Waals surface area contributed by atoms with Gasteiger partial charge in [-0.1, -0.05) is 172 Å². The number of hydrogen-bond acceptors (Lipinski definition) is 1. The van der Waals surface area contributed by atoms with Gasteiger partial charge in [-0.2, -0.15) is 0 Å². The molecule has 236 valence electrons. The highest BCUT2D eigenvalue weighted by molar-refractivity contribution is 5.86. The Bertz CT molecular complexity index is 2010. The molecule has 0 saturated carbocycles. The van der Waals surface area contributed by atoms with Crippen molar-refractivity contribution in [1.29, 1.82) is 0 Å². The van der Waals surface area contributed by atoms with Crippen LogP contribution in [-0.2, 0) is 11.8 Å². The monoisotopic (exact) mass is 621 g/mol. The minimum absolute atomic E-state index is 0.0839. The zero-order chi connectivity index (χ0) is 33.2. The standard InChI is InChI=1S/C47H43N/c1-4-6-17-36-27-28-38(37(5-2)34-36)24-16-32-47(3)33-31-42(25-15-23-41-22-13-14-26-46(41)47)48-43-29-30-44(39-18-9-7-10-19-39)45(35-43)40-20-11-8-12-21-40/h4-22,24-31,34-35,48H,1-2,23,32-33H2,3H3/b17-6-,24-16+,25-15-,42-31+. The molecule has 0 amide bonds. The van der Waals surface area contributed by atoms with Crippen molar-refractivity contribution in [3.63, 3.8) is 0 Å². The minimum Gasteiger partial charge on any atom is -0.356 e. The molecule has 1 N–H and O–H groups in total. The summed E-state index contributed by atoms with van der Waals surface area (Å²) in [5.41, 5.74) is 13.2. The molecule has 0 spiro atoms. The molecule has 1 nitrogen and oxygen atoms in total. The fraction of sp³-hybridized carbons (Fsp3) is 0.106. The van der Waals surface area contributed by atoms with Crippen LogP contribution in [0.15, 0.2) is 177 Å². The summed E-state index contributed by atoms with van der Waals surface area (Å²) in [5, 5.41) is 3.78. The zero-order valence-electron chi connectivity index (χ0n) is 27.8. The number of fused-ring (bicyclic) bond motifs is 1. The van der Waals surface area contributed by atoms with Gasteiger partial charge >= 0.3 is 0 Å². The van der Waals surface area contributed by atoms with Gasteiger partial charge in [0.15, 0.2) is 0 Å². The van der Waals surface area contributed by atoms with Gasteiger partial charge < -0.3 is 5.32 Å². The minimum atomic E-state index is -0.0839. The van der Waals surface area contributed by atoms with E-state index in [9.17, 15) is 0 Å². The second-order valence-corrected chi connectivity index (χ2v) is 12.6. The van der Waals surface area contributed by atoms with E-state index in [4.69, 9.17) is 0 Å². The largest absolute Gasteiger partial charge is 0.356 e. The quantitative estimate of drug-likeness (QED) is 0.153. The number of allylic oxidation sites excluding steroid dienone is 6. The van der Waals surface area contributed by atoms with E-state index in [1.165, 1.54) is 38.9 Å². The Morgan fingerprint density at radius 3 is 2.21 bits per heavy atom. The molecule has 0 aliphatic heterocycles. The van der Waals surface area contributed by atoms with Crippen LogP contribution in [0, 0.1) is 0 Å². The number of hydrogen-bond donors (Lipinski definition) is 1. The Labute approximate surface area is 286 Å². The van der Waals surface area contributed by atoms with E-state index in [1.54, 1.807) is 6.08 Å². The van der Waals surface area contributed by atoms with Gasteiger partial charge in [0, 0.05) is 11.4 Å². The molecule has 1 heteroatoms. The van der Waals surface area contributed by atoms with E-state index in [2.05, 4.69) is 183 Å². The van der Waals surface area contributed by atoms with Crippen molar-refractivity contribution < 1.29 is 0 Å². The smallest absolute Gasteiger partial charge is 0.0390 e. The second kappa shape index (κ2) is 15.3. The third-order valence-corrected chi connectivity index (χ3v) is 9.17. The first-order chi connectivity index (χ1) is 23.6. The Morgan fingerprint density at radius 1 is 0.729 bits per heavy atom. The van der Waals surface area contributed by atoms with Crippen molar-refractivity contribution in [2.75, 3.05) is 5.32 Å². The van der Waals surface area contributed by atoms with Crippen LogP contribution in [0.5, 0.6) is 0 Å². The maximum atomic E-state index is 4.07. The predicted octanol–water partition coefficient (Wildman–Crippen LogP) is 12.7. The van der Waals surface area contributed by atoms with Crippen molar-refractivity contribution >= 4 is 23.9 Å². The van der Waals surface area contributed by atoms with Gasteiger partial charge in [-0.25, -0.2) is 0 Å². The van der Waals surface area contributed by atoms with Crippen LogP contribution < -0.4 is 5.32 Å². The molecule has 0 fully saturated rings. The van der Waals surface area contributed by atoms with E-state index < -0.39 is 0 Å². The summed E-state index contributed by atoms with van der Waals surface area (Å²) in [6.45, 7) is 10.3. The first kappa shape index (κ1) is 32.3. The maximum absolute atomic E-state index is 4.07. The molecule has 48 heavy (non-hydrogen) atoms. The van der Waals surface area contributed by atoms with Gasteiger partial charge in [0.1, 0.15) is 0 Å². The van der Waals surface area contributed by atoms with Gasteiger partial charge in [-0.3, -0.25) is 0 Å². The molecular weight excluding hydrogens is 579 g/mol. The van der Waals surface area contributed by atoms with E-state index in [-0.39, 0.29) is 5.41 Å². The zero-order valence-corrected chi connectivity index (χ0v) is 27.8. The Morgan fingerprint density at radius 2 is 1.46 bits per heavy atom. The molecule has 5 aromatic rings. The van der Waals surface area contributed by atoms with E-state index in [1.807, 2.05) is 12.2 Å². The van der Waals surface area contributed by atoms with Crippen molar-refractivity contribution in [1.82, 2.24) is 0 Å². The lowest BCUT2D eigenvalue weighted by Crippen LogP contribution is -2.22. The normalized spacial score (nSPS) is 17.8. The second-order valence-electron chi connectivity index (χ2n) is 12.6. The topological polar surface area (TPSA) is 12.0 Å². The first-order valence-corrected chi connectivity index (χ1v) is 16.8. The average molecular weight is 622 g/mol. The summed E-state index contributed by atoms with van der Waals surface area (Å²) < 4.78 is 0. The summed E-state index contributed by atoms with van der Waals surface area (Å²) in [6.07, 6.45) is 21.9. The summed E-state index contributed by atoms with van der Waals surface area (Å²) in [5.74, 6) is 0. The molecule has 0 aromatic heterocycles. The molecule has 1 unspecified atom stereocenters. The highest BCUT2D eigenvalue weighted by Gasteiger charge is 2.27. The van der Waals surface area contributed by atoms with Gasteiger partial charge in [-0.15, -0.1) is 0 Å². The predicted molar refractivity (Wildman–Crippen MR) is 210 cm³/mol. The molecule has 5 aromatic carbocycles. The number of nitrogens with one attached hydrogen (secondary N) is 1. The number of anilines is 1. The summed E-state index contributed by atoms with van der Waals surface area (Å²) in [4.78, 5) is 0. The summed E-state index contributed by atoms with van der Waals surface area (Å²) in [6, 6.07) is 43.4. The molecule has 0 saturated heterocycles. The third-order valence-electron chi connectivity index (χ3n) is 9.17. The van der Waals surface area contributed by atoms with Gasteiger partial charge in [-0.05, 0) is 99.0 Å². The highest BCUT2D eigenvalue weighted by Crippen LogP contribution is 2.38. The molecule has 0 bridgehead atoms. The highest BCUT2D eigenvalue weighted by atomic mass is 14.9. The van der Waals surface area contributed by atoms with Crippen LogP contribution in [0.25, 0.3) is 40.5 Å². The maximum Gasteiger partial charge on any atom is 0.0390 e. The summed E-state index contributed by atoms with van der Waals surface area (Å²) >= 11 is 0.